The third-order valence-electron chi connectivity index (χ3n) is 2.15. The van der Waals surface area contributed by atoms with E-state index >= 15 is 0 Å². The molecule has 1 saturated heterocycles. The molecule has 0 aliphatic carbocycles. The fourth-order valence-corrected chi connectivity index (χ4v) is 1.41. The van der Waals surface area contributed by atoms with Crippen molar-refractivity contribution in [3.63, 3.8) is 0 Å². The molecule has 3 heteroatoms. The van der Waals surface area contributed by atoms with Gasteiger partial charge in [-0.15, -0.1) is 0 Å². The van der Waals surface area contributed by atoms with Gasteiger partial charge in [-0.05, 0) is 6.42 Å². The minimum atomic E-state index is -0.693. The number of aliphatic hydroxyl groups is 1. The molecule has 1 rings (SSSR count). The van der Waals surface area contributed by atoms with Crippen LogP contribution in [0.4, 0.5) is 0 Å². The first-order chi connectivity index (χ1) is 5.83. The Morgan fingerprint density at radius 3 is 2.67 bits per heavy atom. The van der Waals surface area contributed by atoms with Crippen molar-refractivity contribution in [3.05, 3.63) is 0 Å². The van der Waals surface area contributed by atoms with Crippen LogP contribution < -0.4 is 0 Å². The molecule has 0 aromatic rings. The van der Waals surface area contributed by atoms with E-state index in [9.17, 15) is 0 Å². The van der Waals surface area contributed by atoms with Crippen LogP contribution in [-0.2, 0) is 9.78 Å². The van der Waals surface area contributed by atoms with Gasteiger partial charge in [0.1, 0.15) is 0 Å². The van der Waals surface area contributed by atoms with Crippen molar-refractivity contribution in [1.29, 1.82) is 0 Å². The zero-order chi connectivity index (χ0) is 8.81. The highest BCUT2D eigenvalue weighted by Crippen LogP contribution is 2.20. The van der Waals surface area contributed by atoms with Crippen molar-refractivity contribution >= 4 is 0 Å². The summed E-state index contributed by atoms with van der Waals surface area (Å²) in [6.07, 6.45) is 6.04. The van der Waals surface area contributed by atoms with Crippen molar-refractivity contribution < 1.29 is 14.9 Å². The third-order valence-corrected chi connectivity index (χ3v) is 2.15. The first kappa shape index (κ1) is 9.96. The van der Waals surface area contributed by atoms with E-state index in [2.05, 4.69) is 11.8 Å². The molecule has 72 valence electrons. The Morgan fingerprint density at radius 2 is 2.08 bits per heavy atom. The summed E-state index contributed by atoms with van der Waals surface area (Å²) in [6, 6.07) is 0. The molecule has 0 spiro atoms. The molecule has 1 fully saturated rings. The van der Waals surface area contributed by atoms with Gasteiger partial charge in [-0.2, -0.15) is 0 Å². The minimum absolute atomic E-state index is 0.122. The molecule has 2 atom stereocenters. The molecule has 1 aliphatic rings. The largest absolute Gasteiger partial charge is 0.366 e. The normalized spacial score (nSPS) is 29.5. The number of unbranched alkanes of at least 4 members (excludes halogenated alkanes) is 3. The molecule has 3 nitrogen and oxygen atoms in total. The van der Waals surface area contributed by atoms with Crippen LogP contribution in [-0.4, -0.2) is 17.5 Å². The standard InChI is InChI=1S/C9H18O3/c1-2-3-4-5-6-8-7-9(10)12-11-8/h8-10H,2-7H2,1H3. The van der Waals surface area contributed by atoms with Gasteiger partial charge in [-0.1, -0.05) is 32.6 Å². The van der Waals surface area contributed by atoms with Crippen LogP contribution >= 0.6 is 0 Å². The van der Waals surface area contributed by atoms with Crippen LogP contribution in [0, 0.1) is 0 Å². The monoisotopic (exact) mass is 174 g/mol. The van der Waals surface area contributed by atoms with Gasteiger partial charge in [0.25, 0.3) is 0 Å². The number of aliphatic hydroxyl groups excluding tert-OH is 1. The molecule has 0 aromatic heterocycles. The molecule has 0 radical (unpaired) electrons. The summed E-state index contributed by atoms with van der Waals surface area (Å²) >= 11 is 0. The summed E-state index contributed by atoms with van der Waals surface area (Å²) in [7, 11) is 0. The highest BCUT2D eigenvalue weighted by molar-refractivity contribution is 4.62. The molecule has 1 heterocycles. The van der Waals surface area contributed by atoms with Gasteiger partial charge < -0.3 is 5.11 Å². The van der Waals surface area contributed by atoms with E-state index in [1.807, 2.05) is 0 Å². The number of hydrogen-bond acceptors (Lipinski definition) is 3. The molecule has 1 aliphatic heterocycles. The molecule has 0 bridgehead atoms. The molecule has 0 saturated carbocycles. The van der Waals surface area contributed by atoms with E-state index in [0.29, 0.717) is 6.42 Å². The number of rotatable bonds is 5. The molecule has 1 N–H and O–H groups in total. The summed E-state index contributed by atoms with van der Waals surface area (Å²) in [6.45, 7) is 2.19. The Balaban J connectivity index is 1.93. The van der Waals surface area contributed by atoms with Gasteiger partial charge in [0, 0.05) is 6.42 Å². The van der Waals surface area contributed by atoms with Crippen LogP contribution in [0.3, 0.4) is 0 Å². The van der Waals surface area contributed by atoms with E-state index in [1.54, 1.807) is 0 Å². The maximum atomic E-state index is 8.96. The fraction of sp³-hybridized carbons (Fsp3) is 1.00. The second kappa shape index (κ2) is 5.51. The fourth-order valence-electron chi connectivity index (χ4n) is 1.41. The third kappa shape index (κ3) is 3.52. The van der Waals surface area contributed by atoms with Gasteiger partial charge in [0.15, 0.2) is 6.29 Å². The van der Waals surface area contributed by atoms with Crippen LogP contribution in [0.15, 0.2) is 0 Å². The van der Waals surface area contributed by atoms with Crippen LogP contribution in [0.2, 0.25) is 0 Å². The summed E-state index contributed by atoms with van der Waals surface area (Å²) in [5.41, 5.74) is 0. The van der Waals surface area contributed by atoms with Crippen molar-refractivity contribution in [2.45, 2.75) is 57.8 Å². The predicted molar refractivity (Wildman–Crippen MR) is 45.3 cm³/mol. The molecule has 2 unspecified atom stereocenters. The summed E-state index contributed by atoms with van der Waals surface area (Å²) in [4.78, 5) is 9.47. The second-order valence-corrected chi connectivity index (χ2v) is 3.35. The lowest BCUT2D eigenvalue weighted by Crippen LogP contribution is -2.06. The van der Waals surface area contributed by atoms with Gasteiger partial charge in [0.2, 0.25) is 0 Å². The van der Waals surface area contributed by atoms with Crippen LogP contribution in [0.25, 0.3) is 0 Å². The Labute approximate surface area is 73.6 Å². The molecular formula is C9H18O3. The topological polar surface area (TPSA) is 38.7 Å². The predicted octanol–water partition coefficient (Wildman–Crippen LogP) is 2.00. The van der Waals surface area contributed by atoms with E-state index < -0.39 is 6.29 Å². The van der Waals surface area contributed by atoms with Crippen molar-refractivity contribution in [1.82, 2.24) is 0 Å². The Morgan fingerprint density at radius 1 is 1.25 bits per heavy atom. The summed E-state index contributed by atoms with van der Waals surface area (Å²) < 4.78 is 0. The van der Waals surface area contributed by atoms with Crippen molar-refractivity contribution in [2.24, 2.45) is 0 Å². The van der Waals surface area contributed by atoms with Gasteiger partial charge >= 0.3 is 0 Å². The van der Waals surface area contributed by atoms with Gasteiger partial charge in [-0.3, -0.25) is 0 Å². The Bertz CT molecular complexity index is 116. The SMILES string of the molecule is CCCCCCC1CC(O)OO1. The van der Waals surface area contributed by atoms with Crippen LogP contribution in [0.1, 0.15) is 45.4 Å². The maximum absolute atomic E-state index is 8.96. The van der Waals surface area contributed by atoms with Gasteiger partial charge in [0.05, 0.1) is 6.10 Å². The minimum Gasteiger partial charge on any atom is -0.366 e. The molecule has 0 aromatic carbocycles. The van der Waals surface area contributed by atoms with Gasteiger partial charge in [-0.25, -0.2) is 9.78 Å². The zero-order valence-electron chi connectivity index (χ0n) is 7.66. The Kier molecular flexibility index (Phi) is 4.58. The number of hydrogen-bond donors (Lipinski definition) is 1. The summed E-state index contributed by atoms with van der Waals surface area (Å²) in [5.74, 6) is 0. The average Bonchev–Trinajstić information content (AvgIpc) is 2.45. The second-order valence-electron chi connectivity index (χ2n) is 3.35. The smallest absolute Gasteiger partial charge is 0.191 e. The average molecular weight is 174 g/mol. The quantitative estimate of drug-likeness (QED) is 0.511. The van der Waals surface area contributed by atoms with E-state index in [4.69, 9.17) is 9.99 Å². The maximum Gasteiger partial charge on any atom is 0.191 e. The van der Waals surface area contributed by atoms with Crippen molar-refractivity contribution in [2.75, 3.05) is 0 Å². The lowest BCUT2D eigenvalue weighted by molar-refractivity contribution is -0.333. The zero-order valence-corrected chi connectivity index (χ0v) is 7.66. The van der Waals surface area contributed by atoms with E-state index in [1.165, 1.54) is 25.7 Å². The molecule has 0 amide bonds. The summed E-state index contributed by atoms with van der Waals surface area (Å²) in [5, 5.41) is 8.96. The van der Waals surface area contributed by atoms with E-state index in [0.717, 1.165) is 6.42 Å². The first-order valence-electron chi connectivity index (χ1n) is 4.83. The molecule has 12 heavy (non-hydrogen) atoms. The van der Waals surface area contributed by atoms with Crippen LogP contribution in [0.5, 0.6) is 0 Å². The lowest BCUT2D eigenvalue weighted by Gasteiger charge is -2.04. The Hall–Kier alpha value is -0.120. The first-order valence-corrected chi connectivity index (χ1v) is 4.83. The van der Waals surface area contributed by atoms with Crippen molar-refractivity contribution in [3.8, 4) is 0 Å². The highest BCUT2D eigenvalue weighted by Gasteiger charge is 2.24. The molecular weight excluding hydrogens is 156 g/mol. The lowest BCUT2D eigenvalue weighted by atomic mass is 10.1. The highest BCUT2D eigenvalue weighted by atomic mass is 17.2. The van der Waals surface area contributed by atoms with E-state index in [-0.39, 0.29) is 6.10 Å².